The standard InChI is InChI=1S/C17H17NO3/c19-15-9-8-14-7-4-10-18(16(14)11-15)17(20)21-12-13-5-2-1-3-6-13/h1-3,5-6,8-9,11,19H,4,7,10,12H2. The zero-order chi connectivity index (χ0) is 14.7. The third-order valence-electron chi connectivity index (χ3n) is 3.61. The second-order valence-electron chi connectivity index (χ2n) is 5.11. The van der Waals surface area contributed by atoms with E-state index in [9.17, 15) is 9.90 Å². The molecule has 4 heteroatoms. The van der Waals surface area contributed by atoms with Crippen molar-refractivity contribution < 1.29 is 14.6 Å². The molecule has 21 heavy (non-hydrogen) atoms. The summed E-state index contributed by atoms with van der Waals surface area (Å²) in [6, 6.07) is 14.7. The Morgan fingerprint density at radius 3 is 2.81 bits per heavy atom. The molecule has 1 N–H and O–H groups in total. The number of aromatic hydroxyl groups is 1. The minimum absolute atomic E-state index is 0.163. The summed E-state index contributed by atoms with van der Waals surface area (Å²) in [4.78, 5) is 13.9. The molecule has 4 nitrogen and oxygen atoms in total. The first-order valence-corrected chi connectivity index (χ1v) is 7.04. The number of hydrogen-bond donors (Lipinski definition) is 1. The lowest BCUT2D eigenvalue weighted by Gasteiger charge is -2.28. The molecule has 1 amide bonds. The molecule has 2 aromatic rings. The van der Waals surface area contributed by atoms with Gasteiger partial charge in [-0.2, -0.15) is 0 Å². The largest absolute Gasteiger partial charge is 0.508 e. The molecule has 2 aromatic carbocycles. The van der Waals surface area contributed by atoms with E-state index in [4.69, 9.17) is 4.74 Å². The predicted molar refractivity (Wildman–Crippen MR) is 80.4 cm³/mol. The van der Waals surface area contributed by atoms with Crippen LogP contribution in [0.1, 0.15) is 17.5 Å². The zero-order valence-corrected chi connectivity index (χ0v) is 11.7. The fourth-order valence-electron chi connectivity index (χ4n) is 2.55. The number of amides is 1. The van der Waals surface area contributed by atoms with Gasteiger partial charge in [-0.1, -0.05) is 36.4 Å². The van der Waals surface area contributed by atoms with Gasteiger partial charge in [-0.25, -0.2) is 4.79 Å². The predicted octanol–water partition coefficient (Wildman–Crippen LogP) is 3.48. The highest BCUT2D eigenvalue weighted by Crippen LogP contribution is 2.31. The smallest absolute Gasteiger partial charge is 0.414 e. The first-order chi connectivity index (χ1) is 10.2. The number of phenolic OH excluding ortho intramolecular Hbond substituents is 1. The van der Waals surface area contributed by atoms with E-state index >= 15 is 0 Å². The van der Waals surface area contributed by atoms with Crippen LogP contribution in [0.4, 0.5) is 10.5 Å². The van der Waals surface area contributed by atoms with Gasteiger partial charge in [0.2, 0.25) is 0 Å². The third-order valence-corrected chi connectivity index (χ3v) is 3.61. The van der Waals surface area contributed by atoms with Crippen LogP contribution in [0.2, 0.25) is 0 Å². The van der Waals surface area contributed by atoms with Gasteiger partial charge >= 0.3 is 6.09 Å². The Hall–Kier alpha value is -2.49. The third kappa shape index (κ3) is 2.99. The SMILES string of the molecule is O=C(OCc1ccccc1)N1CCCc2ccc(O)cc21. The van der Waals surface area contributed by atoms with Gasteiger partial charge in [-0.05, 0) is 30.0 Å². The van der Waals surface area contributed by atoms with Gasteiger partial charge in [0.25, 0.3) is 0 Å². The molecular weight excluding hydrogens is 266 g/mol. The summed E-state index contributed by atoms with van der Waals surface area (Å²) in [5.74, 6) is 0.163. The molecule has 0 saturated heterocycles. The number of nitrogens with zero attached hydrogens (tertiary/aromatic N) is 1. The summed E-state index contributed by atoms with van der Waals surface area (Å²) in [5.41, 5.74) is 2.77. The molecule has 0 spiro atoms. The van der Waals surface area contributed by atoms with Crippen LogP contribution in [0, 0.1) is 0 Å². The van der Waals surface area contributed by atoms with Gasteiger partial charge < -0.3 is 9.84 Å². The molecule has 0 atom stereocenters. The number of benzene rings is 2. The van der Waals surface area contributed by atoms with E-state index < -0.39 is 0 Å². The van der Waals surface area contributed by atoms with Crippen LogP contribution in [-0.4, -0.2) is 17.7 Å². The van der Waals surface area contributed by atoms with Crippen molar-refractivity contribution in [2.75, 3.05) is 11.4 Å². The molecule has 0 fully saturated rings. The Morgan fingerprint density at radius 2 is 2.00 bits per heavy atom. The molecule has 0 saturated carbocycles. The van der Waals surface area contributed by atoms with Gasteiger partial charge in [0.15, 0.2) is 0 Å². The Morgan fingerprint density at radius 1 is 1.19 bits per heavy atom. The van der Waals surface area contributed by atoms with Gasteiger partial charge in [-0.15, -0.1) is 0 Å². The molecule has 1 heterocycles. The number of phenols is 1. The van der Waals surface area contributed by atoms with E-state index in [1.54, 1.807) is 17.0 Å². The summed E-state index contributed by atoms with van der Waals surface area (Å²) in [6.45, 7) is 0.869. The van der Waals surface area contributed by atoms with Gasteiger partial charge in [0.1, 0.15) is 12.4 Å². The number of carbonyl (C=O) groups excluding carboxylic acids is 1. The summed E-state index contributed by atoms with van der Waals surface area (Å²) >= 11 is 0. The Labute approximate surface area is 123 Å². The van der Waals surface area contributed by atoms with E-state index in [0.717, 1.165) is 29.7 Å². The van der Waals surface area contributed by atoms with Crippen LogP contribution in [0.5, 0.6) is 5.75 Å². The number of anilines is 1. The fraction of sp³-hybridized carbons (Fsp3) is 0.235. The van der Waals surface area contributed by atoms with Crippen LogP contribution in [0.3, 0.4) is 0 Å². The molecule has 0 radical (unpaired) electrons. The van der Waals surface area contributed by atoms with Crippen molar-refractivity contribution in [2.24, 2.45) is 0 Å². The minimum Gasteiger partial charge on any atom is -0.508 e. The quantitative estimate of drug-likeness (QED) is 0.918. The van der Waals surface area contributed by atoms with Gasteiger partial charge in [0.05, 0.1) is 5.69 Å². The Bertz CT molecular complexity index is 640. The summed E-state index contributed by atoms with van der Waals surface area (Å²) < 4.78 is 5.37. The monoisotopic (exact) mass is 283 g/mol. The van der Waals surface area contributed by atoms with Crippen LogP contribution in [0.25, 0.3) is 0 Å². The van der Waals surface area contributed by atoms with Crippen molar-refractivity contribution in [3.63, 3.8) is 0 Å². The first-order valence-electron chi connectivity index (χ1n) is 7.04. The van der Waals surface area contributed by atoms with Crippen molar-refractivity contribution in [3.05, 3.63) is 59.7 Å². The normalized spacial score (nSPS) is 13.6. The summed E-state index contributed by atoms with van der Waals surface area (Å²) in [7, 11) is 0. The number of hydrogen-bond acceptors (Lipinski definition) is 3. The van der Waals surface area contributed by atoms with E-state index in [2.05, 4.69) is 0 Å². The Balaban J connectivity index is 1.73. The maximum atomic E-state index is 12.3. The highest BCUT2D eigenvalue weighted by atomic mass is 16.6. The molecule has 1 aliphatic rings. The molecule has 0 aromatic heterocycles. The molecule has 3 rings (SSSR count). The second kappa shape index (κ2) is 5.87. The van der Waals surface area contributed by atoms with Gasteiger partial charge in [-0.3, -0.25) is 4.90 Å². The minimum atomic E-state index is -0.370. The highest BCUT2D eigenvalue weighted by molar-refractivity contribution is 5.89. The van der Waals surface area contributed by atoms with E-state index in [0.29, 0.717) is 6.54 Å². The zero-order valence-electron chi connectivity index (χ0n) is 11.7. The molecule has 0 unspecified atom stereocenters. The van der Waals surface area contributed by atoms with E-state index in [-0.39, 0.29) is 18.4 Å². The lowest BCUT2D eigenvalue weighted by atomic mass is 10.0. The van der Waals surface area contributed by atoms with Crippen molar-refractivity contribution in [1.82, 2.24) is 0 Å². The fourth-order valence-corrected chi connectivity index (χ4v) is 2.55. The number of ether oxygens (including phenoxy) is 1. The summed E-state index contributed by atoms with van der Waals surface area (Å²) in [5, 5.41) is 9.62. The van der Waals surface area contributed by atoms with Crippen LogP contribution in [-0.2, 0) is 17.8 Å². The lowest BCUT2D eigenvalue weighted by molar-refractivity contribution is 0.146. The maximum Gasteiger partial charge on any atom is 0.414 e. The van der Waals surface area contributed by atoms with Crippen LogP contribution in [0.15, 0.2) is 48.5 Å². The molecule has 0 aliphatic carbocycles. The number of fused-ring (bicyclic) bond motifs is 1. The highest BCUT2D eigenvalue weighted by Gasteiger charge is 2.24. The first kappa shape index (κ1) is 13.5. The summed E-state index contributed by atoms with van der Waals surface area (Å²) in [6.07, 6.45) is 1.45. The number of carbonyl (C=O) groups is 1. The van der Waals surface area contributed by atoms with Crippen LogP contribution < -0.4 is 4.90 Å². The lowest BCUT2D eigenvalue weighted by Crippen LogP contribution is -2.35. The number of aryl methyl sites for hydroxylation is 1. The van der Waals surface area contributed by atoms with Crippen molar-refractivity contribution in [2.45, 2.75) is 19.4 Å². The number of rotatable bonds is 2. The van der Waals surface area contributed by atoms with Crippen molar-refractivity contribution in [1.29, 1.82) is 0 Å². The van der Waals surface area contributed by atoms with Gasteiger partial charge in [0, 0.05) is 12.6 Å². The van der Waals surface area contributed by atoms with Crippen LogP contribution >= 0.6 is 0 Å². The van der Waals surface area contributed by atoms with E-state index in [1.165, 1.54) is 0 Å². The molecule has 108 valence electrons. The van der Waals surface area contributed by atoms with Crippen molar-refractivity contribution >= 4 is 11.8 Å². The van der Waals surface area contributed by atoms with E-state index in [1.807, 2.05) is 36.4 Å². The molecule has 0 bridgehead atoms. The molecule has 1 aliphatic heterocycles. The average molecular weight is 283 g/mol. The van der Waals surface area contributed by atoms with Crippen molar-refractivity contribution in [3.8, 4) is 5.75 Å². The topological polar surface area (TPSA) is 49.8 Å². The second-order valence-corrected chi connectivity index (χ2v) is 5.11. The Kier molecular flexibility index (Phi) is 3.77. The maximum absolute atomic E-state index is 12.3. The average Bonchev–Trinajstić information content (AvgIpc) is 2.53. The molecular formula is C17H17NO3.